The molecule has 216 valence electrons. The number of rotatable bonds is 8. The maximum Gasteiger partial charge on any atom is 0.339 e. The van der Waals surface area contributed by atoms with Crippen LogP contribution in [0.1, 0.15) is 48.5 Å². The van der Waals surface area contributed by atoms with E-state index < -0.39 is 18.0 Å². The van der Waals surface area contributed by atoms with E-state index in [0.29, 0.717) is 50.0 Å². The summed E-state index contributed by atoms with van der Waals surface area (Å²) in [7, 11) is 1.29. The zero-order valence-electron chi connectivity index (χ0n) is 23.3. The molecule has 0 saturated carbocycles. The minimum atomic E-state index is -0.735. The predicted octanol–water partition coefficient (Wildman–Crippen LogP) is 4.90. The molecule has 0 bridgehead atoms. The van der Waals surface area contributed by atoms with E-state index in [1.807, 2.05) is 19.1 Å². The largest absolute Gasteiger partial charge is 0.494 e. The van der Waals surface area contributed by atoms with Crippen LogP contribution in [-0.2, 0) is 14.3 Å². The molecule has 4 aromatic rings. The number of esters is 2. The second kappa shape index (κ2) is 12.2. The molecule has 11 heteroatoms. The number of ether oxygens (including phenoxy) is 3. The summed E-state index contributed by atoms with van der Waals surface area (Å²) < 4.78 is 23.6. The van der Waals surface area contributed by atoms with Crippen molar-refractivity contribution in [2.24, 2.45) is 4.99 Å². The Morgan fingerprint density at radius 3 is 2.50 bits per heavy atom. The number of allylic oxidation sites excluding steroid dienone is 1. The first-order valence-corrected chi connectivity index (χ1v) is 14.4. The van der Waals surface area contributed by atoms with Crippen molar-refractivity contribution in [3.05, 3.63) is 107 Å². The molecule has 2 aromatic heterocycles. The van der Waals surface area contributed by atoms with Crippen molar-refractivity contribution in [1.29, 1.82) is 0 Å². The van der Waals surface area contributed by atoms with Gasteiger partial charge in [-0.15, -0.1) is 0 Å². The Morgan fingerprint density at radius 1 is 1.07 bits per heavy atom. The van der Waals surface area contributed by atoms with Crippen LogP contribution in [-0.4, -0.2) is 36.8 Å². The molecule has 0 aliphatic carbocycles. The summed E-state index contributed by atoms with van der Waals surface area (Å²) in [6.07, 6.45) is 1.64. The summed E-state index contributed by atoms with van der Waals surface area (Å²) in [5.74, 6) is 0.552. The number of thiazole rings is 1. The van der Waals surface area contributed by atoms with Crippen molar-refractivity contribution in [1.82, 2.24) is 4.57 Å². The van der Waals surface area contributed by atoms with Gasteiger partial charge >= 0.3 is 11.9 Å². The fourth-order valence-corrected chi connectivity index (χ4v) is 5.96. The van der Waals surface area contributed by atoms with Crippen molar-refractivity contribution < 1.29 is 28.2 Å². The van der Waals surface area contributed by atoms with E-state index >= 15 is 0 Å². The van der Waals surface area contributed by atoms with Gasteiger partial charge in [-0.2, -0.15) is 0 Å². The highest BCUT2D eigenvalue weighted by atomic mass is 35.5. The Hall–Kier alpha value is -4.41. The van der Waals surface area contributed by atoms with Gasteiger partial charge in [0.1, 0.15) is 17.3 Å². The van der Waals surface area contributed by atoms with Crippen molar-refractivity contribution >= 4 is 41.0 Å². The number of benzene rings is 2. The summed E-state index contributed by atoms with van der Waals surface area (Å²) in [6.45, 7) is 6.07. The zero-order chi connectivity index (χ0) is 30.0. The molecule has 0 spiro atoms. The van der Waals surface area contributed by atoms with E-state index in [4.69, 9.17) is 30.2 Å². The number of nitrogens with zero attached hydrogens (tertiary/aromatic N) is 2. The molecule has 9 nitrogen and oxygen atoms in total. The van der Waals surface area contributed by atoms with E-state index in [1.165, 1.54) is 23.0 Å². The number of carbonyl (C=O) groups is 2. The normalized spacial score (nSPS) is 14.8. The standard InChI is InChI=1S/C31H27ClN2O7S/c1-5-39-20-10-7-18(8-11-20)27-26(30(37)40-6-2)17(3)33-31-34(27)28(35)25(42-31)16-21-12-14-24(41-21)19-9-13-22(23(32)15-19)29(36)38-4/h7-16,27H,5-6H2,1-4H3/b25-16-/t27-/m1/s1. The number of hydrogen-bond donors (Lipinski definition) is 0. The van der Waals surface area contributed by atoms with Crippen LogP contribution in [0.5, 0.6) is 5.75 Å². The molecule has 42 heavy (non-hydrogen) atoms. The molecule has 5 rings (SSSR count). The second-order valence-electron chi connectivity index (χ2n) is 9.19. The highest BCUT2D eigenvalue weighted by Crippen LogP contribution is 2.32. The first kappa shape index (κ1) is 29.1. The molecule has 0 unspecified atom stereocenters. The zero-order valence-corrected chi connectivity index (χ0v) is 24.9. The summed E-state index contributed by atoms with van der Waals surface area (Å²) in [6, 6.07) is 14.9. The van der Waals surface area contributed by atoms with Gasteiger partial charge in [0.05, 0.1) is 52.8 Å². The van der Waals surface area contributed by atoms with Crippen LogP contribution in [0.25, 0.3) is 17.4 Å². The van der Waals surface area contributed by atoms with Gasteiger partial charge in [0.25, 0.3) is 5.56 Å². The third-order valence-electron chi connectivity index (χ3n) is 6.58. The van der Waals surface area contributed by atoms with Crippen LogP contribution in [0.4, 0.5) is 0 Å². The van der Waals surface area contributed by atoms with Crippen LogP contribution in [0.3, 0.4) is 0 Å². The van der Waals surface area contributed by atoms with Crippen LogP contribution >= 0.6 is 22.9 Å². The lowest BCUT2D eigenvalue weighted by atomic mass is 9.96. The molecule has 0 saturated heterocycles. The van der Waals surface area contributed by atoms with Crippen LogP contribution < -0.4 is 19.6 Å². The fourth-order valence-electron chi connectivity index (χ4n) is 4.68. The Kier molecular flexibility index (Phi) is 8.46. The van der Waals surface area contributed by atoms with Gasteiger partial charge < -0.3 is 18.6 Å². The third kappa shape index (κ3) is 5.55. The number of carbonyl (C=O) groups excluding carboxylic acids is 2. The van der Waals surface area contributed by atoms with Gasteiger partial charge in [0, 0.05) is 11.6 Å². The van der Waals surface area contributed by atoms with E-state index in [1.54, 1.807) is 62.4 Å². The first-order valence-electron chi connectivity index (χ1n) is 13.2. The van der Waals surface area contributed by atoms with Gasteiger partial charge in [-0.3, -0.25) is 9.36 Å². The van der Waals surface area contributed by atoms with Gasteiger partial charge in [-0.1, -0.05) is 41.1 Å². The molecule has 0 amide bonds. The molecule has 0 radical (unpaired) electrons. The fraction of sp³-hybridized carbons (Fsp3) is 0.226. The summed E-state index contributed by atoms with van der Waals surface area (Å²) in [5, 5.41) is 0.229. The molecule has 0 N–H and O–H groups in total. The Balaban J connectivity index is 1.57. The Bertz CT molecular complexity index is 1880. The maximum absolute atomic E-state index is 13.8. The van der Waals surface area contributed by atoms with Gasteiger partial charge in [-0.05, 0) is 62.7 Å². The molecule has 1 atom stereocenters. The molecule has 2 aromatic carbocycles. The van der Waals surface area contributed by atoms with Gasteiger partial charge in [0.2, 0.25) is 0 Å². The van der Waals surface area contributed by atoms with E-state index in [2.05, 4.69) is 4.99 Å². The number of hydrogen-bond acceptors (Lipinski definition) is 9. The van der Waals surface area contributed by atoms with Crippen LogP contribution in [0, 0.1) is 0 Å². The van der Waals surface area contributed by atoms with E-state index in [0.717, 1.165) is 5.56 Å². The van der Waals surface area contributed by atoms with Crippen molar-refractivity contribution in [2.75, 3.05) is 20.3 Å². The lowest BCUT2D eigenvalue weighted by Gasteiger charge is -2.24. The molecule has 1 aliphatic rings. The van der Waals surface area contributed by atoms with Gasteiger partial charge in [0.15, 0.2) is 4.80 Å². The molecular weight excluding hydrogens is 580 g/mol. The minimum absolute atomic E-state index is 0.188. The first-order chi connectivity index (χ1) is 20.2. The maximum atomic E-state index is 13.8. The van der Waals surface area contributed by atoms with Crippen LogP contribution in [0.15, 0.2) is 80.1 Å². The highest BCUT2D eigenvalue weighted by molar-refractivity contribution is 7.07. The number of halogens is 1. The van der Waals surface area contributed by atoms with E-state index in [9.17, 15) is 14.4 Å². The molecule has 1 aliphatic heterocycles. The second-order valence-corrected chi connectivity index (χ2v) is 10.6. The Morgan fingerprint density at radius 2 is 1.83 bits per heavy atom. The SMILES string of the molecule is CCOC(=O)C1=C(C)N=c2s/c(=C\c3ccc(-c4ccc(C(=O)OC)c(Cl)c4)o3)c(=O)n2[C@@H]1c1ccc(OCC)cc1. The third-order valence-corrected chi connectivity index (χ3v) is 7.88. The quantitative estimate of drug-likeness (QED) is 0.263. The Labute approximate surface area is 249 Å². The lowest BCUT2D eigenvalue weighted by Crippen LogP contribution is -2.39. The number of fused-ring (bicyclic) bond motifs is 1. The lowest BCUT2D eigenvalue weighted by molar-refractivity contribution is -0.139. The van der Waals surface area contributed by atoms with Gasteiger partial charge in [-0.25, -0.2) is 14.6 Å². The summed E-state index contributed by atoms with van der Waals surface area (Å²) in [5.41, 5.74) is 2.07. The predicted molar refractivity (Wildman–Crippen MR) is 159 cm³/mol. The topological polar surface area (TPSA) is 109 Å². The molecule has 0 fully saturated rings. The van der Waals surface area contributed by atoms with Crippen molar-refractivity contribution in [3.8, 4) is 17.1 Å². The van der Waals surface area contributed by atoms with Crippen molar-refractivity contribution in [3.63, 3.8) is 0 Å². The highest BCUT2D eigenvalue weighted by Gasteiger charge is 2.33. The van der Waals surface area contributed by atoms with E-state index in [-0.39, 0.29) is 22.8 Å². The number of methoxy groups -OCH3 is 1. The molecular formula is C31H27ClN2O7S. The minimum Gasteiger partial charge on any atom is -0.494 e. The number of aromatic nitrogens is 1. The smallest absolute Gasteiger partial charge is 0.339 e. The number of furan rings is 1. The summed E-state index contributed by atoms with van der Waals surface area (Å²) in [4.78, 5) is 43.8. The van der Waals surface area contributed by atoms with Crippen LogP contribution in [0.2, 0.25) is 5.02 Å². The molecule has 3 heterocycles. The monoisotopic (exact) mass is 606 g/mol. The average Bonchev–Trinajstić information content (AvgIpc) is 3.56. The van der Waals surface area contributed by atoms with Crippen molar-refractivity contribution in [2.45, 2.75) is 26.8 Å². The summed E-state index contributed by atoms with van der Waals surface area (Å²) >= 11 is 7.47. The average molecular weight is 607 g/mol.